The van der Waals surface area contributed by atoms with Gasteiger partial charge in [-0.05, 0) is 12.3 Å². The summed E-state index contributed by atoms with van der Waals surface area (Å²) in [5, 5.41) is 0. The van der Waals surface area contributed by atoms with Crippen molar-refractivity contribution in [3.8, 4) is 11.5 Å². The fraction of sp³-hybridized carbons (Fsp3) is 0.538. The predicted octanol–water partition coefficient (Wildman–Crippen LogP) is 1.16. The van der Waals surface area contributed by atoms with Crippen molar-refractivity contribution in [3.63, 3.8) is 0 Å². The van der Waals surface area contributed by atoms with Crippen LogP contribution in [0.4, 0.5) is 4.39 Å². The number of ether oxygens (including phenoxy) is 3. The minimum atomic E-state index is -3.95. The van der Waals surface area contributed by atoms with Crippen LogP contribution in [-0.2, 0) is 14.8 Å². The Kier molecular flexibility index (Phi) is 5.02. The number of hydrogen-bond acceptors (Lipinski definition) is 5. The van der Waals surface area contributed by atoms with Crippen LogP contribution < -0.4 is 14.2 Å². The van der Waals surface area contributed by atoms with Gasteiger partial charge in [0.2, 0.25) is 10.0 Å². The zero-order chi connectivity index (χ0) is 15.5. The molecule has 0 bridgehead atoms. The van der Waals surface area contributed by atoms with Crippen LogP contribution in [0.2, 0.25) is 0 Å². The van der Waals surface area contributed by atoms with Gasteiger partial charge in [-0.1, -0.05) is 0 Å². The third-order valence-electron chi connectivity index (χ3n) is 3.31. The largest absolute Gasteiger partial charge is 0.493 e. The second kappa shape index (κ2) is 6.59. The molecule has 21 heavy (non-hydrogen) atoms. The molecule has 118 valence electrons. The lowest BCUT2D eigenvalue weighted by atomic mass is 10.1. The van der Waals surface area contributed by atoms with Crippen molar-refractivity contribution < 1.29 is 27.0 Å². The van der Waals surface area contributed by atoms with E-state index in [2.05, 4.69) is 4.72 Å². The molecule has 1 saturated heterocycles. The summed E-state index contributed by atoms with van der Waals surface area (Å²) in [5.41, 5.74) is 0. The number of halogens is 1. The molecule has 1 aliphatic heterocycles. The van der Waals surface area contributed by atoms with E-state index < -0.39 is 20.7 Å². The van der Waals surface area contributed by atoms with Gasteiger partial charge >= 0.3 is 0 Å². The smallest absolute Gasteiger partial charge is 0.243 e. The molecule has 6 nitrogen and oxygen atoms in total. The maximum absolute atomic E-state index is 14.0. The molecule has 0 amide bonds. The molecule has 0 spiro atoms. The molecule has 0 aromatic heterocycles. The summed E-state index contributed by atoms with van der Waals surface area (Å²) < 4.78 is 55.9. The molecule has 0 aliphatic carbocycles. The minimum absolute atomic E-state index is 0.114. The Labute approximate surface area is 123 Å². The van der Waals surface area contributed by atoms with Gasteiger partial charge < -0.3 is 14.2 Å². The highest BCUT2D eigenvalue weighted by atomic mass is 32.2. The third kappa shape index (κ3) is 3.63. The SMILES string of the molecule is COc1cc(F)c(S(=O)(=O)NC[C@@H]2CCOC2)cc1OC. The molecule has 1 aliphatic rings. The molecule has 8 heteroatoms. The number of sulfonamides is 1. The van der Waals surface area contributed by atoms with Crippen LogP contribution >= 0.6 is 0 Å². The molecular formula is C13H18FNO5S. The Hall–Kier alpha value is -1.38. The minimum Gasteiger partial charge on any atom is -0.493 e. The van der Waals surface area contributed by atoms with E-state index in [1.807, 2.05) is 0 Å². The van der Waals surface area contributed by atoms with E-state index in [0.29, 0.717) is 13.2 Å². The summed E-state index contributed by atoms with van der Waals surface area (Å²) in [4.78, 5) is -0.459. The molecule has 0 radical (unpaired) electrons. The van der Waals surface area contributed by atoms with E-state index in [9.17, 15) is 12.8 Å². The first kappa shape index (κ1) is 16.0. The monoisotopic (exact) mass is 319 g/mol. The average Bonchev–Trinajstić information content (AvgIpc) is 2.98. The zero-order valence-electron chi connectivity index (χ0n) is 11.9. The van der Waals surface area contributed by atoms with E-state index in [1.54, 1.807) is 0 Å². The normalized spacial score (nSPS) is 18.7. The summed E-state index contributed by atoms with van der Waals surface area (Å²) in [6.07, 6.45) is 0.789. The van der Waals surface area contributed by atoms with Gasteiger partial charge in [-0.15, -0.1) is 0 Å². The van der Waals surface area contributed by atoms with Crippen molar-refractivity contribution in [3.05, 3.63) is 17.9 Å². The summed E-state index contributed by atoms with van der Waals surface area (Å²) >= 11 is 0. The number of nitrogens with one attached hydrogen (secondary N) is 1. The van der Waals surface area contributed by atoms with Crippen LogP contribution in [-0.4, -0.2) is 42.4 Å². The van der Waals surface area contributed by atoms with Crippen LogP contribution in [0.1, 0.15) is 6.42 Å². The van der Waals surface area contributed by atoms with E-state index >= 15 is 0 Å². The fourth-order valence-corrected chi connectivity index (χ4v) is 3.28. The number of benzene rings is 1. The maximum Gasteiger partial charge on any atom is 0.243 e. The molecule has 1 aromatic carbocycles. The number of rotatable bonds is 6. The fourth-order valence-electron chi connectivity index (χ4n) is 2.09. The molecule has 0 saturated carbocycles. The summed E-state index contributed by atoms with van der Waals surface area (Å²) in [6, 6.07) is 2.10. The summed E-state index contributed by atoms with van der Waals surface area (Å²) in [6.45, 7) is 1.35. The molecule has 1 fully saturated rings. The molecule has 1 N–H and O–H groups in total. The lowest BCUT2D eigenvalue weighted by Gasteiger charge is -2.13. The quantitative estimate of drug-likeness (QED) is 0.852. The van der Waals surface area contributed by atoms with E-state index in [-0.39, 0.29) is 24.0 Å². The Morgan fingerprint density at radius 2 is 2.00 bits per heavy atom. The summed E-state index contributed by atoms with van der Waals surface area (Å²) in [7, 11) is -1.24. The highest BCUT2D eigenvalue weighted by molar-refractivity contribution is 7.89. The number of methoxy groups -OCH3 is 2. The molecular weight excluding hydrogens is 301 g/mol. The lowest BCUT2D eigenvalue weighted by Crippen LogP contribution is -2.30. The molecule has 1 aromatic rings. The second-order valence-electron chi connectivity index (χ2n) is 4.72. The van der Waals surface area contributed by atoms with Crippen LogP contribution in [0.25, 0.3) is 0 Å². The topological polar surface area (TPSA) is 73.9 Å². The van der Waals surface area contributed by atoms with Crippen LogP contribution in [0.3, 0.4) is 0 Å². The van der Waals surface area contributed by atoms with Crippen LogP contribution in [0, 0.1) is 11.7 Å². The van der Waals surface area contributed by atoms with Gasteiger partial charge in [0.1, 0.15) is 10.7 Å². The van der Waals surface area contributed by atoms with Crippen LogP contribution in [0.5, 0.6) is 11.5 Å². The van der Waals surface area contributed by atoms with Gasteiger partial charge in [0.05, 0.1) is 20.8 Å². The first-order valence-electron chi connectivity index (χ1n) is 6.47. The van der Waals surface area contributed by atoms with Crippen molar-refractivity contribution in [2.24, 2.45) is 5.92 Å². The van der Waals surface area contributed by atoms with Crippen molar-refractivity contribution in [2.45, 2.75) is 11.3 Å². The van der Waals surface area contributed by atoms with Crippen LogP contribution in [0.15, 0.2) is 17.0 Å². The van der Waals surface area contributed by atoms with Crippen molar-refractivity contribution in [1.29, 1.82) is 0 Å². The standard InChI is InChI=1S/C13H18FNO5S/c1-18-11-5-10(14)13(6-12(11)19-2)21(16,17)15-7-9-3-4-20-8-9/h5-6,9,15H,3-4,7-8H2,1-2H3/t9-/m0/s1. The molecule has 2 rings (SSSR count). The first-order chi connectivity index (χ1) is 9.97. The first-order valence-corrected chi connectivity index (χ1v) is 7.95. The molecule has 1 atom stereocenters. The van der Waals surface area contributed by atoms with Gasteiger partial charge in [-0.25, -0.2) is 17.5 Å². The zero-order valence-corrected chi connectivity index (χ0v) is 12.7. The Morgan fingerprint density at radius 3 is 2.57 bits per heavy atom. The lowest BCUT2D eigenvalue weighted by molar-refractivity contribution is 0.186. The number of hydrogen-bond donors (Lipinski definition) is 1. The average molecular weight is 319 g/mol. The van der Waals surface area contributed by atoms with Gasteiger partial charge in [0.15, 0.2) is 11.5 Å². The van der Waals surface area contributed by atoms with Gasteiger partial charge in [0.25, 0.3) is 0 Å². The van der Waals surface area contributed by atoms with E-state index in [4.69, 9.17) is 14.2 Å². The Balaban J connectivity index is 2.22. The maximum atomic E-state index is 14.0. The molecule has 1 heterocycles. The highest BCUT2D eigenvalue weighted by Gasteiger charge is 2.24. The predicted molar refractivity (Wildman–Crippen MR) is 73.6 cm³/mol. The Morgan fingerprint density at radius 1 is 1.33 bits per heavy atom. The third-order valence-corrected chi connectivity index (χ3v) is 4.75. The van der Waals surface area contributed by atoms with E-state index in [0.717, 1.165) is 18.6 Å². The van der Waals surface area contributed by atoms with Crippen molar-refractivity contribution in [1.82, 2.24) is 4.72 Å². The summed E-state index contributed by atoms with van der Waals surface area (Å²) in [5.74, 6) is -0.479. The van der Waals surface area contributed by atoms with Gasteiger partial charge in [0, 0.05) is 25.3 Å². The van der Waals surface area contributed by atoms with Crippen molar-refractivity contribution in [2.75, 3.05) is 34.0 Å². The van der Waals surface area contributed by atoms with E-state index in [1.165, 1.54) is 14.2 Å². The van der Waals surface area contributed by atoms with Gasteiger partial charge in [-0.3, -0.25) is 0 Å². The second-order valence-corrected chi connectivity index (χ2v) is 6.45. The van der Waals surface area contributed by atoms with Gasteiger partial charge in [-0.2, -0.15) is 0 Å². The van der Waals surface area contributed by atoms with Crippen molar-refractivity contribution >= 4 is 10.0 Å². The Bertz CT molecular complexity index is 599. The highest BCUT2D eigenvalue weighted by Crippen LogP contribution is 2.31. The molecule has 0 unspecified atom stereocenters.